The number of hydrogen-bond donors (Lipinski definition) is 2. The van der Waals surface area contributed by atoms with Gasteiger partial charge in [-0.2, -0.15) is 0 Å². The van der Waals surface area contributed by atoms with Crippen LogP contribution in [-0.4, -0.2) is 17.9 Å². The number of halogens is 1. The fourth-order valence-electron chi connectivity index (χ4n) is 1.81. The fraction of sp³-hybridized carbons (Fsp3) is 0.200. The van der Waals surface area contributed by atoms with Gasteiger partial charge in [-0.05, 0) is 37.1 Å². The van der Waals surface area contributed by atoms with E-state index >= 15 is 0 Å². The van der Waals surface area contributed by atoms with Crippen LogP contribution in [0.4, 0.5) is 11.5 Å². The summed E-state index contributed by atoms with van der Waals surface area (Å²) in [5.41, 5.74) is 3.27. The number of amides is 1. The molecule has 104 valence electrons. The molecule has 0 saturated carbocycles. The van der Waals surface area contributed by atoms with E-state index in [0.29, 0.717) is 16.4 Å². The third-order valence-electron chi connectivity index (χ3n) is 3.00. The molecule has 0 atom stereocenters. The number of nitrogens with one attached hydrogen (secondary N) is 2. The van der Waals surface area contributed by atoms with Crippen molar-refractivity contribution in [3.05, 3.63) is 52.2 Å². The first-order chi connectivity index (χ1) is 9.51. The van der Waals surface area contributed by atoms with Crippen molar-refractivity contribution >= 4 is 29.0 Å². The highest BCUT2D eigenvalue weighted by Crippen LogP contribution is 2.21. The predicted molar refractivity (Wildman–Crippen MR) is 82.7 cm³/mol. The van der Waals surface area contributed by atoms with Crippen LogP contribution in [0.5, 0.6) is 0 Å². The van der Waals surface area contributed by atoms with Gasteiger partial charge < -0.3 is 10.6 Å². The minimum Gasteiger partial charge on any atom is -0.373 e. The van der Waals surface area contributed by atoms with Crippen LogP contribution in [0.15, 0.2) is 30.5 Å². The Morgan fingerprint density at radius 3 is 2.70 bits per heavy atom. The average molecular weight is 290 g/mol. The largest absolute Gasteiger partial charge is 0.373 e. The van der Waals surface area contributed by atoms with Crippen molar-refractivity contribution in [3.8, 4) is 0 Å². The summed E-state index contributed by atoms with van der Waals surface area (Å²) >= 11 is 6.03. The van der Waals surface area contributed by atoms with Crippen molar-refractivity contribution in [2.24, 2.45) is 0 Å². The molecule has 2 aromatic rings. The van der Waals surface area contributed by atoms with Crippen LogP contribution < -0.4 is 10.6 Å². The molecule has 1 amide bonds. The zero-order valence-corrected chi connectivity index (χ0v) is 12.4. The highest BCUT2D eigenvalue weighted by molar-refractivity contribution is 6.34. The summed E-state index contributed by atoms with van der Waals surface area (Å²) < 4.78 is 0. The molecule has 0 fully saturated rings. The summed E-state index contributed by atoms with van der Waals surface area (Å²) in [6.07, 6.45) is 1.46. The monoisotopic (exact) mass is 289 g/mol. The molecule has 5 heteroatoms. The minimum absolute atomic E-state index is 0.248. The lowest BCUT2D eigenvalue weighted by atomic mass is 10.1. The van der Waals surface area contributed by atoms with Gasteiger partial charge >= 0.3 is 0 Å². The maximum absolute atomic E-state index is 12.3. The Labute approximate surface area is 123 Å². The molecule has 2 rings (SSSR count). The van der Waals surface area contributed by atoms with E-state index in [1.807, 2.05) is 32.0 Å². The molecule has 0 aliphatic rings. The zero-order valence-electron chi connectivity index (χ0n) is 11.6. The van der Waals surface area contributed by atoms with E-state index in [1.54, 1.807) is 13.1 Å². The third-order valence-corrected chi connectivity index (χ3v) is 3.30. The second-order valence-corrected chi connectivity index (χ2v) is 4.98. The first kappa shape index (κ1) is 14.3. The normalized spacial score (nSPS) is 10.2. The maximum atomic E-state index is 12.3. The highest BCUT2D eigenvalue weighted by Gasteiger charge is 2.13. The molecule has 0 unspecified atom stereocenters. The third kappa shape index (κ3) is 3.08. The number of anilines is 2. The summed E-state index contributed by atoms with van der Waals surface area (Å²) in [5, 5.41) is 6.09. The average Bonchev–Trinajstić information content (AvgIpc) is 2.43. The number of rotatable bonds is 3. The van der Waals surface area contributed by atoms with E-state index in [1.165, 1.54) is 6.20 Å². The second kappa shape index (κ2) is 5.92. The molecule has 1 heterocycles. The molecule has 0 aliphatic heterocycles. The SMILES string of the molecule is CNc1cc(C(=O)Nc2cc(C)ccc2C)c(Cl)cn1. The van der Waals surface area contributed by atoms with Crippen LogP contribution in [0, 0.1) is 13.8 Å². The van der Waals surface area contributed by atoms with E-state index in [0.717, 1.165) is 16.8 Å². The van der Waals surface area contributed by atoms with Crippen LogP contribution in [0.1, 0.15) is 21.5 Å². The van der Waals surface area contributed by atoms with E-state index in [-0.39, 0.29) is 5.91 Å². The van der Waals surface area contributed by atoms with Crippen molar-refractivity contribution in [2.45, 2.75) is 13.8 Å². The van der Waals surface area contributed by atoms with Crippen LogP contribution in [0.25, 0.3) is 0 Å². The van der Waals surface area contributed by atoms with Gasteiger partial charge in [0.05, 0.1) is 10.6 Å². The molecule has 0 radical (unpaired) electrons. The fourth-order valence-corrected chi connectivity index (χ4v) is 2.00. The minimum atomic E-state index is -0.248. The smallest absolute Gasteiger partial charge is 0.257 e. The van der Waals surface area contributed by atoms with Crippen molar-refractivity contribution in [2.75, 3.05) is 17.7 Å². The molecule has 0 spiro atoms. The predicted octanol–water partition coefficient (Wildman–Crippen LogP) is 3.65. The maximum Gasteiger partial charge on any atom is 0.257 e. The summed E-state index contributed by atoms with van der Waals surface area (Å²) in [7, 11) is 1.74. The van der Waals surface area contributed by atoms with Gasteiger partial charge in [0.25, 0.3) is 5.91 Å². The molecule has 1 aromatic carbocycles. The van der Waals surface area contributed by atoms with Crippen molar-refractivity contribution in [3.63, 3.8) is 0 Å². The van der Waals surface area contributed by atoms with E-state index < -0.39 is 0 Å². The number of aryl methyl sites for hydroxylation is 2. The topological polar surface area (TPSA) is 54.0 Å². The molecule has 0 bridgehead atoms. The second-order valence-electron chi connectivity index (χ2n) is 4.57. The standard InChI is InChI=1S/C15H16ClN3O/c1-9-4-5-10(2)13(6-9)19-15(20)11-7-14(17-3)18-8-12(11)16/h4-8H,1-3H3,(H,17,18)(H,19,20). The molecular formula is C15H16ClN3O. The van der Waals surface area contributed by atoms with Gasteiger partial charge in [-0.3, -0.25) is 4.79 Å². The van der Waals surface area contributed by atoms with Crippen LogP contribution in [0.3, 0.4) is 0 Å². The van der Waals surface area contributed by atoms with Crippen LogP contribution in [0.2, 0.25) is 5.02 Å². The first-order valence-corrected chi connectivity index (χ1v) is 6.61. The number of pyridine rings is 1. The Morgan fingerprint density at radius 1 is 1.25 bits per heavy atom. The first-order valence-electron chi connectivity index (χ1n) is 6.23. The molecule has 4 nitrogen and oxygen atoms in total. The zero-order chi connectivity index (χ0) is 14.7. The molecule has 0 saturated heterocycles. The highest BCUT2D eigenvalue weighted by atomic mass is 35.5. The molecular weight excluding hydrogens is 274 g/mol. The van der Waals surface area contributed by atoms with Gasteiger partial charge in [-0.25, -0.2) is 4.98 Å². The Bertz CT molecular complexity index is 656. The summed E-state index contributed by atoms with van der Waals surface area (Å²) in [6.45, 7) is 3.93. The van der Waals surface area contributed by atoms with Gasteiger partial charge in [0.2, 0.25) is 0 Å². The number of nitrogens with zero attached hydrogens (tertiary/aromatic N) is 1. The Kier molecular flexibility index (Phi) is 4.25. The van der Waals surface area contributed by atoms with Crippen molar-refractivity contribution in [1.82, 2.24) is 4.98 Å². The van der Waals surface area contributed by atoms with Gasteiger partial charge in [-0.15, -0.1) is 0 Å². The molecule has 0 aliphatic carbocycles. The van der Waals surface area contributed by atoms with Gasteiger partial charge in [0, 0.05) is 18.9 Å². The summed E-state index contributed by atoms with van der Waals surface area (Å²) in [6, 6.07) is 7.53. The molecule has 20 heavy (non-hydrogen) atoms. The number of carbonyl (C=O) groups excluding carboxylic acids is 1. The van der Waals surface area contributed by atoms with E-state index in [9.17, 15) is 4.79 Å². The van der Waals surface area contributed by atoms with Gasteiger partial charge in [-0.1, -0.05) is 23.7 Å². The van der Waals surface area contributed by atoms with Crippen molar-refractivity contribution in [1.29, 1.82) is 0 Å². The quantitative estimate of drug-likeness (QED) is 0.907. The number of benzene rings is 1. The lowest BCUT2D eigenvalue weighted by molar-refractivity contribution is 0.102. The van der Waals surface area contributed by atoms with Gasteiger partial charge in [0.15, 0.2) is 0 Å². The van der Waals surface area contributed by atoms with E-state index in [2.05, 4.69) is 15.6 Å². The Morgan fingerprint density at radius 2 is 2.00 bits per heavy atom. The lowest BCUT2D eigenvalue weighted by Gasteiger charge is -2.11. The van der Waals surface area contributed by atoms with Crippen LogP contribution >= 0.6 is 11.6 Å². The van der Waals surface area contributed by atoms with Crippen LogP contribution in [-0.2, 0) is 0 Å². The number of hydrogen-bond acceptors (Lipinski definition) is 3. The Hall–Kier alpha value is -2.07. The summed E-state index contributed by atoms with van der Waals surface area (Å²) in [4.78, 5) is 16.4. The molecule has 2 N–H and O–H groups in total. The van der Waals surface area contributed by atoms with Gasteiger partial charge in [0.1, 0.15) is 5.82 Å². The number of carbonyl (C=O) groups is 1. The Balaban J connectivity index is 2.30. The summed E-state index contributed by atoms with van der Waals surface area (Å²) in [5.74, 6) is 0.350. The molecule has 1 aromatic heterocycles. The lowest BCUT2D eigenvalue weighted by Crippen LogP contribution is -2.14. The number of aromatic nitrogens is 1. The van der Waals surface area contributed by atoms with Crippen molar-refractivity contribution < 1.29 is 4.79 Å². The van der Waals surface area contributed by atoms with E-state index in [4.69, 9.17) is 11.6 Å².